The first kappa shape index (κ1) is 22.2. The van der Waals surface area contributed by atoms with Gasteiger partial charge in [-0.1, -0.05) is 108 Å². The molecular formula is C36H24S2. The highest BCUT2D eigenvalue weighted by atomic mass is 32.2. The number of benzene rings is 6. The molecule has 7 aromatic rings. The van der Waals surface area contributed by atoms with Crippen LogP contribution >= 0.6 is 23.1 Å². The third-order valence-electron chi connectivity index (χ3n) is 7.75. The fourth-order valence-corrected chi connectivity index (χ4v) is 8.35. The van der Waals surface area contributed by atoms with E-state index >= 15 is 0 Å². The van der Waals surface area contributed by atoms with Crippen molar-refractivity contribution in [3.8, 4) is 33.4 Å². The van der Waals surface area contributed by atoms with Crippen LogP contribution in [-0.2, 0) is 0 Å². The Morgan fingerprint density at radius 1 is 0.447 bits per heavy atom. The van der Waals surface area contributed by atoms with Gasteiger partial charge in [-0.15, -0.1) is 11.3 Å². The summed E-state index contributed by atoms with van der Waals surface area (Å²) in [6.45, 7) is 4.32. The van der Waals surface area contributed by atoms with Gasteiger partial charge in [0.05, 0.1) is 0 Å². The third-order valence-corrected chi connectivity index (χ3v) is 9.97. The Bertz CT molecular complexity index is 2080. The van der Waals surface area contributed by atoms with Crippen molar-refractivity contribution in [3.63, 3.8) is 0 Å². The van der Waals surface area contributed by atoms with Crippen LogP contribution in [0.3, 0.4) is 0 Å². The molecular weight excluding hydrogens is 497 g/mol. The Hall–Kier alpha value is -3.85. The van der Waals surface area contributed by atoms with Crippen molar-refractivity contribution in [1.82, 2.24) is 0 Å². The lowest BCUT2D eigenvalue weighted by Crippen LogP contribution is -1.94. The summed E-state index contributed by atoms with van der Waals surface area (Å²) >= 11 is 3.83. The van der Waals surface area contributed by atoms with Crippen LogP contribution in [0.4, 0.5) is 0 Å². The van der Waals surface area contributed by atoms with Gasteiger partial charge in [-0.05, 0) is 76.9 Å². The lowest BCUT2D eigenvalue weighted by Gasteiger charge is -2.21. The molecule has 0 N–H and O–H groups in total. The molecule has 2 heteroatoms. The molecule has 1 aromatic heterocycles. The zero-order chi connectivity index (χ0) is 25.4. The molecule has 8 rings (SSSR count). The fraction of sp³-hybridized carbons (Fsp3) is 0.0556. The Morgan fingerprint density at radius 3 is 1.89 bits per heavy atom. The highest BCUT2D eigenvalue weighted by molar-refractivity contribution is 7.99. The predicted molar refractivity (Wildman–Crippen MR) is 167 cm³/mol. The largest absolute Gasteiger partial charge is 0.135 e. The van der Waals surface area contributed by atoms with Gasteiger partial charge >= 0.3 is 0 Å². The Morgan fingerprint density at radius 2 is 1.13 bits per heavy atom. The summed E-state index contributed by atoms with van der Waals surface area (Å²) in [5.41, 5.74) is 10.4. The van der Waals surface area contributed by atoms with Crippen LogP contribution in [0.15, 0.2) is 119 Å². The van der Waals surface area contributed by atoms with Gasteiger partial charge in [-0.25, -0.2) is 0 Å². The van der Waals surface area contributed by atoms with Gasteiger partial charge in [0.1, 0.15) is 0 Å². The standard InChI is InChI=1S/C36H24S2/c1-21-6-3-8-23(16-21)25-12-14-27-30-20-34-35(29-10-5-11-31(36(29)30)37-32(27)18-25)28-15-13-26(19-33(28)38-34)24-9-4-7-22(2)17-24/h3-20H,1-2H3. The van der Waals surface area contributed by atoms with E-state index in [1.807, 2.05) is 23.1 Å². The van der Waals surface area contributed by atoms with Gasteiger partial charge in [-0.3, -0.25) is 0 Å². The first-order valence-corrected chi connectivity index (χ1v) is 14.6. The van der Waals surface area contributed by atoms with Gasteiger partial charge in [0, 0.05) is 35.3 Å². The molecule has 1 aliphatic rings. The Balaban J connectivity index is 1.35. The lowest BCUT2D eigenvalue weighted by molar-refractivity contribution is 1.39. The van der Waals surface area contributed by atoms with E-state index in [1.54, 1.807) is 0 Å². The van der Waals surface area contributed by atoms with E-state index in [1.165, 1.54) is 85.2 Å². The minimum absolute atomic E-state index is 1.28. The molecule has 1 aliphatic heterocycles. The lowest BCUT2D eigenvalue weighted by atomic mass is 9.93. The molecule has 38 heavy (non-hydrogen) atoms. The van der Waals surface area contributed by atoms with Crippen LogP contribution < -0.4 is 0 Å². The second-order valence-electron chi connectivity index (χ2n) is 10.3. The van der Waals surface area contributed by atoms with Crippen LogP contribution in [0.2, 0.25) is 0 Å². The number of thiophene rings is 1. The van der Waals surface area contributed by atoms with Crippen molar-refractivity contribution in [3.05, 3.63) is 120 Å². The van der Waals surface area contributed by atoms with E-state index in [2.05, 4.69) is 123 Å². The van der Waals surface area contributed by atoms with E-state index in [4.69, 9.17) is 0 Å². The molecule has 0 spiro atoms. The van der Waals surface area contributed by atoms with E-state index in [9.17, 15) is 0 Å². The second kappa shape index (κ2) is 8.33. The van der Waals surface area contributed by atoms with Crippen molar-refractivity contribution < 1.29 is 0 Å². The van der Waals surface area contributed by atoms with Gasteiger partial charge in [-0.2, -0.15) is 0 Å². The molecule has 0 fully saturated rings. The van der Waals surface area contributed by atoms with Crippen LogP contribution in [0.25, 0.3) is 64.3 Å². The first-order valence-electron chi connectivity index (χ1n) is 13.0. The average Bonchev–Trinajstić information content (AvgIpc) is 3.31. The van der Waals surface area contributed by atoms with Gasteiger partial charge in [0.25, 0.3) is 0 Å². The highest BCUT2D eigenvalue weighted by Crippen LogP contribution is 2.52. The highest BCUT2D eigenvalue weighted by Gasteiger charge is 2.23. The van der Waals surface area contributed by atoms with Crippen molar-refractivity contribution in [2.75, 3.05) is 0 Å². The second-order valence-corrected chi connectivity index (χ2v) is 12.5. The molecule has 2 heterocycles. The number of hydrogen-bond acceptors (Lipinski definition) is 2. The van der Waals surface area contributed by atoms with E-state index in [0.29, 0.717) is 0 Å². The van der Waals surface area contributed by atoms with E-state index in [0.717, 1.165) is 0 Å². The topological polar surface area (TPSA) is 0 Å². The summed E-state index contributed by atoms with van der Waals surface area (Å²) in [5.74, 6) is 0. The van der Waals surface area contributed by atoms with Crippen LogP contribution in [0.5, 0.6) is 0 Å². The van der Waals surface area contributed by atoms with Crippen molar-refractivity contribution in [1.29, 1.82) is 0 Å². The van der Waals surface area contributed by atoms with Crippen molar-refractivity contribution in [2.45, 2.75) is 23.6 Å². The molecule has 6 aromatic carbocycles. The molecule has 0 unspecified atom stereocenters. The zero-order valence-corrected chi connectivity index (χ0v) is 22.8. The molecule has 0 saturated carbocycles. The molecule has 180 valence electrons. The minimum atomic E-state index is 1.28. The first-order chi connectivity index (χ1) is 18.6. The summed E-state index contributed by atoms with van der Waals surface area (Å²) in [7, 11) is 0. The Labute approximate surface area is 230 Å². The van der Waals surface area contributed by atoms with Gasteiger partial charge in [0.15, 0.2) is 0 Å². The third kappa shape index (κ3) is 3.37. The molecule has 0 nitrogen and oxygen atoms in total. The zero-order valence-electron chi connectivity index (χ0n) is 21.2. The minimum Gasteiger partial charge on any atom is -0.135 e. The van der Waals surface area contributed by atoms with Crippen LogP contribution in [-0.4, -0.2) is 0 Å². The monoisotopic (exact) mass is 520 g/mol. The maximum absolute atomic E-state index is 2.45. The van der Waals surface area contributed by atoms with Crippen molar-refractivity contribution >= 4 is 54.0 Å². The molecule has 0 bridgehead atoms. The van der Waals surface area contributed by atoms with Crippen molar-refractivity contribution in [2.24, 2.45) is 0 Å². The molecule has 0 aliphatic carbocycles. The summed E-state index contributed by atoms with van der Waals surface area (Å²) in [6.07, 6.45) is 0. The maximum atomic E-state index is 2.45. The molecule has 0 amide bonds. The summed E-state index contributed by atoms with van der Waals surface area (Å²) < 4.78 is 2.71. The van der Waals surface area contributed by atoms with Gasteiger partial charge < -0.3 is 0 Å². The number of rotatable bonds is 2. The number of aryl methyl sites for hydroxylation is 2. The van der Waals surface area contributed by atoms with Gasteiger partial charge in [0.2, 0.25) is 0 Å². The summed E-state index contributed by atoms with van der Waals surface area (Å²) in [4.78, 5) is 2.69. The van der Waals surface area contributed by atoms with Crippen LogP contribution in [0, 0.1) is 13.8 Å². The summed E-state index contributed by atoms with van der Waals surface area (Å²) in [6, 6.07) is 40.9. The molecule has 0 saturated heterocycles. The van der Waals surface area contributed by atoms with Crippen LogP contribution in [0.1, 0.15) is 11.1 Å². The summed E-state index contributed by atoms with van der Waals surface area (Å²) in [5, 5.41) is 5.51. The van der Waals surface area contributed by atoms with E-state index in [-0.39, 0.29) is 0 Å². The molecule has 0 atom stereocenters. The fourth-order valence-electron chi connectivity index (χ4n) is 5.97. The number of fused-ring (bicyclic) bond motifs is 6. The Kier molecular flexibility index (Phi) is 4.86. The van der Waals surface area contributed by atoms with E-state index < -0.39 is 0 Å². The maximum Gasteiger partial charge on any atom is 0.0368 e. The quantitative estimate of drug-likeness (QED) is 0.218. The SMILES string of the molecule is Cc1cccc(-c2ccc3c(c2)Sc2cccc4c2c-3cc2sc3cc(-c5cccc(C)c5)ccc3c24)c1. The smallest absolute Gasteiger partial charge is 0.0368 e. The predicted octanol–water partition coefficient (Wildman–Crippen LogP) is 11.3. The molecule has 0 radical (unpaired) electrons. The number of hydrogen-bond donors (Lipinski definition) is 0. The normalized spacial score (nSPS) is 12.4. The average molecular weight is 521 g/mol.